The van der Waals surface area contributed by atoms with E-state index in [1.165, 1.54) is 25.7 Å². The van der Waals surface area contributed by atoms with Crippen LogP contribution in [0.3, 0.4) is 0 Å². The summed E-state index contributed by atoms with van der Waals surface area (Å²) in [4.78, 5) is 4.29. The van der Waals surface area contributed by atoms with Crippen LogP contribution in [0, 0.1) is 11.8 Å². The predicted octanol–water partition coefficient (Wildman–Crippen LogP) is 2.53. The van der Waals surface area contributed by atoms with Gasteiger partial charge in [-0.3, -0.25) is 9.67 Å². The van der Waals surface area contributed by atoms with E-state index in [4.69, 9.17) is 0 Å². The third-order valence-electron chi connectivity index (χ3n) is 4.19. The molecule has 6 heteroatoms. The lowest BCUT2D eigenvalue weighted by Crippen LogP contribution is -2.40. The zero-order chi connectivity index (χ0) is 14.4. The van der Waals surface area contributed by atoms with E-state index < -0.39 is 0 Å². The maximum absolute atomic E-state index is 4.29. The van der Waals surface area contributed by atoms with Crippen molar-refractivity contribution in [1.29, 1.82) is 0 Å². The van der Waals surface area contributed by atoms with Crippen molar-refractivity contribution in [2.24, 2.45) is 23.9 Å². The number of guanidine groups is 1. The zero-order valence-electron chi connectivity index (χ0n) is 13.3. The van der Waals surface area contributed by atoms with Crippen LogP contribution in [-0.4, -0.2) is 29.3 Å². The van der Waals surface area contributed by atoms with Crippen LogP contribution in [0.4, 0.5) is 0 Å². The van der Waals surface area contributed by atoms with Crippen molar-refractivity contribution >= 4 is 29.9 Å². The molecule has 1 saturated carbocycles. The van der Waals surface area contributed by atoms with Crippen LogP contribution in [0.5, 0.6) is 0 Å². The van der Waals surface area contributed by atoms with Gasteiger partial charge in [0, 0.05) is 26.8 Å². The summed E-state index contributed by atoms with van der Waals surface area (Å²) in [6.07, 6.45) is 7.26. The quantitative estimate of drug-likeness (QED) is 0.460. The van der Waals surface area contributed by atoms with E-state index in [1.54, 1.807) is 0 Å². The Balaban J connectivity index is 0.00000220. The molecule has 120 valence electrons. The monoisotopic (exact) mass is 405 g/mol. The molecule has 0 aromatic carbocycles. The highest BCUT2D eigenvalue weighted by molar-refractivity contribution is 14.0. The van der Waals surface area contributed by atoms with Gasteiger partial charge in [-0.1, -0.05) is 19.8 Å². The molecule has 0 amide bonds. The number of aliphatic imine (C=N–C) groups is 1. The number of aryl methyl sites for hydroxylation is 1. The topological polar surface area (TPSA) is 54.2 Å². The van der Waals surface area contributed by atoms with E-state index >= 15 is 0 Å². The van der Waals surface area contributed by atoms with Crippen molar-refractivity contribution in [2.75, 3.05) is 13.6 Å². The highest BCUT2D eigenvalue weighted by atomic mass is 127. The Kier molecular flexibility index (Phi) is 8.06. The first kappa shape index (κ1) is 18.3. The molecule has 1 aliphatic carbocycles. The third-order valence-corrected chi connectivity index (χ3v) is 4.19. The van der Waals surface area contributed by atoms with Gasteiger partial charge in [0.2, 0.25) is 0 Å². The number of halogens is 1. The summed E-state index contributed by atoms with van der Waals surface area (Å²) in [7, 11) is 3.78. The molecule has 1 aliphatic rings. The summed E-state index contributed by atoms with van der Waals surface area (Å²) in [5, 5.41) is 11.0. The third kappa shape index (κ3) is 5.84. The molecule has 0 aliphatic heterocycles. The molecule has 1 aromatic rings. The Morgan fingerprint density at radius 2 is 2.24 bits per heavy atom. The number of nitrogens with one attached hydrogen (secondary N) is 2. The number of aromatic nitrogens is 2. The minimum absolute atomic E-state index is 0. The summed E-state index contributed by atoms with van der Waals surface area (Å²) in [5.41, 5.74) is 1.15. The number of rotatable bonds is 4. The highest BCUT2D eigenvalue weighted by Gasteiger charge is 2.18. The van der Waals surface area contributed by atoms with Gasteiger partial charge in [-0.25, -0.2) is 0 Å². The van der Waals surface area contributed by atoms with Crippen molar-refractivity contribution in [2.45, 2.75) is 39.2 Å². The van der Waals surface area contributed by atoms with Gasteiger partial charge in [0.15, 0.2) is 5.96 Å². The molecule has 1 fully saturated rings. The zero-order valence-corrected chi connectivity index (χ0v) is 15.6. The second kappa shape index (κ2) is 9.27. The van der Waals surface area contributed by atoms with Crippen molar-refractivity contribution in [3.63, 3.8) is 0 Å². The smallest absolute Gasteiger partial charge is 0.191 e. The fraction of sp³-hybridized carbons (Fsp3) is 0.733. The Morgan fingerprint density at radius 3 is 2.86 bits per heavy atom. The summed E-state index contributed by atoms with van der Waals surface area (Å²) in [6, 6.07) is 2.02. The van der Waals surface area contributed by atoms with Crippen LogP contribution in [0.1, 0.15) is 38.3 Å². The first-order valence-electron chi connectivity index (χ1n) is 7.60. The SMILES string of the molecule is CN=C(NCc1ccnn1C)NCC1CCCC(C)C1.I. The van der Waals surface area contributed by atoms with Gasteiger partial charge in [-0.15, -0.1) is 24.0 Å². The van der Waals surface area contributed by atoms with Crippen molar-refractivity contribution in [3.8, 4) is 0 Å². The van der Waals surface area contributed by atoms with Gasteiger partial charge in [0.25, 0.3) is 0 Å². The summed E-state index contributed by atoms with van der Waals surface area (Å²) >= 11 is 0. The molecular weight excluding hydrogens is 377 g/mol. The van der Waals surface area contributed by atoms with Crippen LogP contribution in [0.2, 0.25) is 0 Å². The van der Waals surface area contributed by atoms with E-state index in [0.717, 1.165) is 36.6 Å². The molecule has 21 heavy (non-hydrogen) atoms. The summed E-state index contributed by atoms with van der Waals surface area (Å²) < 4.78 is 1.88. The molecular formula is C15H28IN5. The van der Waals surface area contributed by atoms with Crippen LogP contribution < -0.4 is 10.6 Å². The minimum atomic E-state index is 0. The molecule has 2 atom stereocenters. The molecule has 5 nitrogen and oxygen atoms in total. The van der Waals surface area contributed by atoms with Crippen LogP contribution in [0.15, 0.2) is 17.3 Å². The summed E-state index contributed by atoms with van der Waals surface area (Å²) in [5.74, 6) is 2.54. The highest BCUT2D eigenvalue weighted by Crippen LogP contribution is 2.27. The molecule has 2 N–H and O–H groups in total. The van der Waals surface area contributed by atoms with Gasteiger partial charge in [-0.2, -0.15) is 5.10 Å². The Bertz CT molecular complexity index is 443. The molecule has 0 spiro atoms. The first-order chi connectivity index (χ1) is 9.69. The Morgan fingerprint density at radius 1 is 1.43 bits per heavy atom. The van der Waals surface area contributed by atoms with Gasteiger partial charge < -0.3 is 10.6 Å². The molecule has 2 unspecified atom stereocenters. The lowest BCUT2D eigenvalue weighted by Gasteiger charge is -2.27. The van der Waals surface area contributed by atoms with E-state index in [-0.39, 0.29) is 24.0 Å². The van der Waals surface area contributed by atoms with E-state index in [9.17, 15) is 0 Å². The lowest BCUT2D eigenvalue weighted by molar-refractivity contribution is 0.282. The molecule has 1 aromatic heterocycles. The fourth-order valence-electron chi connectivity index (χ4n) is 2.96. The molecule has 0 bridgehead atoms. The van der Waals surface area contributed by atoms with Crippen LogP contribution in [-0.2, 0) is 13.6 Å². The maximum atomic E-state index is 4.29. The van der Waals surface area contributed by atoms with Gasteiger partial charge >= 0.3 is 0 Å². The van der Waals surface area contributed by atoms with Gasteiger partial charge in [0.05, 0.1) is 12.2 Å². The summed E-state index contributed by atoms with van der Waals surface area (Å²) in [6.45, 7) is 4.13. The van der Waals surface area contributed by atoms with Crippen LogP contribution >= 0.6 is 24.0 Å². The second-order valence-electron chi connectivity index (χ2n) is 5.89. The normalized spacial score (nSPS) is 22.5. The van der Waals surface area contributed by atoms with Crippen molar-refractivity contribution in [1.82, 2.24) is 20.4 Å². The van der Waals surface area contributed by atoms with Gasteiger partial charge in [-0.05, 0) is 30.7 Å². The molecule has 1 heterocycles. The van der Waals surface area contributed by atoms with Crippen molar-refractivity contribution in [3.05, 3.63) is 18.0 Å². The molecule has 2 rings (SSSR count). The maximum Gasteiger partial charge on any atom is 0.191 e. The van der Waals surface area contributed by atoms with E-state index in [1.807, 2.05) is 31.0 Å². The fourth-order valence-corrected chi connectivity index (χ4v) is 2.96. The Hall–Kier alpha value is -0.790. The number of nitrogens with zero attached hydrogens (tertiary/aromatic N) is 3. The minimum Gasteiger partial charge on any atom is -0.356 e. The average molecular weight is 405 g/mol. The second-order valence-corrected chi connectivity index (χ2v) is 5.89. The molecule has 0 saturated heterocycles. The van der Waals surface area contributed by atoms with Crippen LogP contribution in [0.25, 0.3) is 0 Å². The standard InChI is InChI=1S/C15H27N5.HI/c1-12-5-4-6-13(9-12)10-17-15(16-2)18-11-14-7-8-19-20(14)3;/h7-8,12-13H,4-6,9-11H2,1-3H3,(H2,16,17,18);1H. The van der Waals surface area contributed by atoms with Crippen molar-refractivity contribution < 1.29 is 0 Å². The number of hydrogen-bond donors (Lipinski definition) is 2. The first-order valence-corrected chi connectivity index (χ1v) is 7.60. The Labute approximate surface area is 145 Å². The van der Waals surface area contributed by atoms with E-state index in [0.29, 0.717) is 0 Å². The molecule has 0 radical (unpaired) electrons. The average Bonchev–Trinajstić information content (AvgIpc) is 2.85. The van der Waals surface area contributed by atoms with E-state index in [2.05, 4.69) is 27.6 Å². The lowest BCUT2D eigenvalue weighted by atomic mass is 9.82. The largest absolute Gasteiger partial charge is 0.356 e. The number of hydrogen-bond acceptors (Lipinski definition) is 2. The predicted molar refractivity (Wildman–Crippen MR) is 97.9 cm³/mol. The van der Waals surface area contributed by atoms with Gasteiger partial charge in [0.1, 0.15) is 0 Å².